The van der Waals surface area contributed by atoms with Crippen molar-refractivity contribution in [2.75, 3.05) is 13.7 Å². The van der Waals surface area contributed by atoms with Gasteiger partial charge in [0.05, 0.1) is 13.2 Å². The van der Waals surface area contributed by atoms with E-state index < -0.39 is 11.9 Å². The van der Waals surface area contributed by atoms with Crippen LogP contribution in [-0.4, -0.2) is 31.6 Å². The summed E-state index contributed by atoms with van der Waals surface area (Å²) in [6, 6.07) is 4.64. The molecule has 0 fully saturated rings. The molecule has 0 aliphatic carbocycles. The van der Waals surface area contributed by atoms with Crippen LogP contribution >= 0.6 is 0 Å². The summed E-state index contributed by atoms with van der Waals surface area (Å²) in [5.41, 5.74) is 11.7. The molecule has 0 heterocycles. The third-order valence-corrected chi connectivity index (χ3v) is 3.13. The highest BCUT2D eigenvalue weighted by Gasteiger charge is 2.15. The maximum Gasteiger partial charge on any atom is 0.255 e. The number of nitrogens with two attached hydrogens (primary N) is 2. The lowest BCUT2D eigenvalue weighted by atomic mass is 10.0. The summed E-state index contributed by atoms with van der Waals surface area (Å²) in [6.07, 6.45) is 0.634. The molecule has 0 aromatic heterocycles. The third-order valence-electron chi connectivity index (χ3n) is 3.13. The zero-order valence-corrected chi connectivity index (χ0v) is 13.8. The highest BCUT2D eigenvalue weighted by atomic mass is 16.5. The number of benzene rings is 1. The molecular weight excluding hydrogens is 298 g/mol. The van der Waals surface area contributed by atoms with Crippen molar-refractivity contribution in [3.05, 3.63) is 23.8 Å². The van der Waals surface area contributed by atoms with Crippen LogP contribution in [0, 0.1) is 5.92 Å². The Morgan fingerprint density at radius 2 is 1.96 bits per heavy atom. The van der Waals surface area contributed by atoms with Crippen LogP contribution in [0.15, 0.2) is 18.2 Å². The van der Waals surface area contributed by atoms with Crippen molar-refractivity contribution in [2.45, 2.75) is 32.9 Å². The zero-order chi connectivity index (χ0) is 17.4. The van der Waals surface area contributed by atoms with Crippen LogP contribution in [0.5, 0.6) is 11.5 Å². The Labute approximate surface area is 136 Å². The monoisotopic (exact) mass is 323 g/mol. The van der Waals surface area contributed by atoms with Gasteiger partial charge in [0.2, 0.25) is 5.91 Å². The molecule has 7 heteroatoms. The van der Waals surface area contributed by atoms with Gasteiger partial charge in [0, 0.05) is 6.54 Å². The third kappa shape index (κ3) is 6.56. The molecule has 0 bridgehead atoms. The number of nitrogens with one attached hydrogen (secondary N) is 1. The predicted octanol–water partition coefficient (Wildman–Crippen LogP) is 0.549. The molecule has 23 heavy (non-hydrogen) atoms. The first kappa shape index (κ1) is 18.8. The minimum absolute atomic E-state index is 0.188. The molecule has 1 aromatic rings. The highest BCUT2D eigenvalue weighted by Crippen LogP contribution is 2.27. The number of rotatable bonds is 9. The molecule has 1 rings (SSSR count). The van der Waals surface area contributed by atoms with E-state index in [9.17, 15) is 9.59 Å². The minimum Gasteiger partial charge on any atom is -0.493 e. The topological polar surface area (TPSA) is 117 Å². The molecule has 0 aliphatic heterocycles. The summed E-state index contributed by atoms with van der Waals surface area (Å²) >= 11 is 0. The van der Waals surface area contributed by atoms with Crippen LogP contribution in [-0.2, 0) is 16.1 Å². The molecular formula is C16H25N3O4. The van der Waals surface area contributed by atoms with Crippen molar-refractivity contribution in [3.63, 3.8) is 0 Å². The number of primary amides is 1. The average Bonchev–Trinajstić information content (AvgIpc) is 2.49. The van der Waals surface area contributed by atoms with Gasteiger partial charge in [-0.1, -0.05) is 19.9 Å². The summed E-state index contributed by atoms with van der Waals surface area (Å²) in [4.78, 5) is 22.7. The Bertz CT molecular complexity index is 546. The maximum atomic E-state index is 11.9. The van der Waals surface area contributed by atoms with Gasteiger partial charge in [-0.25, -0.2) is 0 Å². The molecule has 2 amide bonds. The number of hydrogen-bond donors (Lipinski definition) is 3. The van der Waals surface area contributed by atoms with Crippen molar-refractivity contribution in [3.8, 4) is 11.5 Å². The van der Waals surface area contributed by atoms with Gasteiger partial charge >= 0.3 is 0 Å². The number of ether oxygens (including phenoxy) is 2. The molecule has 7 nitrogen and oxygen atoms in total. The fourth-order valence-electron chi connectivity index (χ4n) is 2.03. The molecule has 0 spiro atoms. The lowest BCUT2D eigenvalue weighted by molar-refractivity contribution is -0.123. The van der Waals surface area contributed by atoms with Gasteiger partial charge in [-0.2, -0.15) is 0 Å². The van der Waals surface area contributed by atoms with E-state index in [2.05, 4.69) is 5.32 Å². The Hall–Kier alpha value is -2.28. The second kappa shape index (κ2) is 8.99. The molecule has 1 aromatic carbocycles. The van der Waals surface area contributed by atoms with Crippen molar-refractivity contribution in [1.29, 1.82) is 0 Å². The largest absolute Gasteiger partial charge is 0.493 e. The lowest BCUT2D eigenvalue weighted by Crippen LogP contribution is -2.41. The second-order valence-corrected chi connectivity index (χ2v) is 5.69. The molecule has 128 valence electrons. The smallest absolute Gasteiger partial charge is 0.255 e. The van der Waals surface area contributed by atoms with Crippen LogP contribution in [0.3, 0.4) is 0 Å². The first-order valence-electron chi connectivity index (χ1n) is 7.44. The van der Waals surface area contributed by atoms with Crippen LogP contribution in [0.2, 0.25) is 0 Å². The van der Waals surface area contributed by atoms with Gasteiger partial charge in [-0.3, -0.25) is 9.59 Å². The van der Waals surface area contributed by atoms with Gasteiger partial charge in [0.1, 0.15) is 0 Å². The molecule has 0 saturated heterocycles. The van der Waals surface area contributed by atoms with Crippen molar-refractivity contribution in [1.82, 2.24) is 5.32 Å². The van der Waals surface area contributed by atoms with E-state index in [1.54, 1.807) is 18.2 Å². The lowest BCUT2D eigenvalue weighted by Gasteiger charge is -2.15. The standard InChI is InChI=1S/C16H25N3O4/c1-10(2)6-12(17)16(21)19-8-11-4-5-13(14(7-11)22-3)23-9-15(18)20/h4-5,7,10,12H,6,8-9,17H2,1-3H3,(H2,18,20)(H,19,21)/t12-/m0/s1. The summed E-state index contributed by atoms with van der Waals surface area (Å²) < 4.78 is 10.5. The number of amides is 2. The normalized spacial score (nSPS) is 11.9. The Morgan fingerprint density at radius 1 is 1.26 bits per heavy atom. The van der Waals surface area contributed by atoms with E-state index >= 15 is 0 Å². The van der Waals surface area contributed by atoms with Gasteiger partial charge in [0.25, 0.3) is 5.91 Å². The highest BCUT2D eigenvalue weighted by molar-refractivity contribution is 5.81. The average molecular weight is 323 g/mol. The molecule has 5 N–H and O–H groups in total. The molecule has 0 aliphatic rings. The summed E-state index contributed by atoms with van der Waals surface area (Å²) in [5.74, 6) is 0.481. The number of methoxy groups -OCH3 is 1. The Balaban J connectivity index is 2.64. The SMILES string of the molecule is COc1cc(CNC(=O)[C@@H](N)CC(C)C)ccc1OCC(N)=O. The van der Waals surface area contributed by atoms with E-state index in [1.165, 1.54) is 7.11 Å². The van der Waals surface area contributed by atoms with Gasteiger partial charge in [0.15, 0.2) is 18.1 Å². The van der Waals surface area contributed by atoms with Crippen LogP contribution in [0.25, 0.3) is 0 Å². The fourth-order valence-corrected chi connectivity index (χ4v) is 2.03. The number of hydrogen-bond acceptors (Lipinski definition) is 5. The van der Waals surface area contributed by atoms with E-state index in [1.807, 2.05) is 13.8 Å². The number of carbonyl (C=O) groups excluding carboxylic acids is 2. The Kier molecular flexibility index (Phi) is 7.34. The minimum atomic E-state index is -0.567. The Morgan fingerprint density at radius 3 is 2.52 bits per heavy atom. The molecule has 1 atom stereocenters. The molecule has 0 radical (unpaired) electrons. The van der Waals surface area contributed by atoms with Crippen molar-refractivity contribution >= 4 is 11.8 Å². The van der Waals surface area contributed by atoms with E-state index in [0.29, 0.717) is 30.4 Å². The van der Waals surface area contributed by atoms with Gasteiger partial charge in [-0.15, -0.1) is 0 Å². The van der Waals surface area contributed by atoms with Crippen molar-refractivity contribution < 1.29 is 19.1 Å². The van der Waals surface area contributed by atoms with E-state index in [0.717, 1.165) is 5.56 Å². The molecule has 0 unspecified atom stereocenters. The first-order valence-corrected chi connectivity index (χ1v) is 7.44. The summed E-state index contributed by atoms with van der Waals surface area (Å²) in [5, 5.41) is 2.79. The predicted molar refractivity (Wildman–Crippen MR) is 87.0 cm³/mol. The van der Waals surface area contributed by atoms with Crippen LogP contribution < -0.4 is 26.3 Å². The van der Waals surface area contributed by atoms with E-state index in [4.69, 9.17) is 20.9 Å². The van der Waals surface area contributed by atoms with Gasteiger partial charge in [-0.05, 0) is 30.0 Å². The summed E-state index contributed by atoms with van der Waals surface area (Å²) in [6.45, 7) is 4.14. The first-order chi connectivity index (χ1) is 10.8. The van der Waals surface area contributed by atoms with E-state index in [-0.39, 0.29) is 12.5 Å². The number of carbonyl (C=O) groups is 2. The van der Waals surface area contributed by atoms with Gasteiger partial charge < -0.3 is 26.3 Å². The fraction of sp³-hybridized carbons (Fsp3) is 0.500. The van der Waals surface area contributed by atoms with Crippen molar-refractivity contribution in [2.24, 2.45) is 17.4 Å². The molecule has 0 saturated carbocycles. The van der Waals surface area contributed by atoms with Crippen LogP contribution in [0.4, 0.5) is 0 Å². The maximum absolute atomic E-state index is 11.9. The summed E-state index contributed by atoms with van der Waals surface area (Å²) in [7, 11) is 1.49. The zero-order valence-electron chi connectivity index (χ0n) is 13.8. The quantitative estimate of drug-likeness (QED) is 0.613. The second-order valence-electron chi connectivity index (χ2n) is 5.69. The van der Waals surface area contributed by atoms with Crippen LogP contribution in [0.1, 0.15) is 25.8 Å².